The van der Waals surface area contributed by atoms with Crippen molar-refractivity contribution in [2.24, 2.45) is 11.8 Å². The Balaban J connectivity index is 4.74. The second kappa shape index (κ2) is 38.6. The van der Waals surface area contributed by atoms with E-state index in [0.717, 1.165) is 32.2 Å². The lowest BCUT2D eigenvalue weighted by Crippen LogP contribution is -2.43. The van der Waals surface area contributed by atoms with Gasteiger partial charge in [-0.25, -0.2) is 0 Å². The van der Waals surface area contributed by atoms with Crippen LogP contribution in [0.15, 0.2) is 0 Å². The van der Waals surface area contributed by atoms with Crippen molar-refractivity contribution in [3.05, 3.63) is 0 Å². The Hall–Kier alpha value is -0.610. The van der Waals surface area contributed by atoms with Crippen LogP contribution >= 0.6 is 0 Å². The second-order valence-corrected chi connectivity index (χ2v) is 15.9. The Kier molecular flexibility index (Phi) is 38.1. The first-order valence-corrected chi connectivity index (χ1v) is 22.6. The standard InChI is InChI=1S/C45H91NO3/c1-5-9-12-15-18-20-22-24-26-28-31-34-37-43(8-4)45(49)46(40-44(48)41-47)39-38-42(35-32-29-17-14-11-7-3)36-33-30-27-25-23-21-19-16-13-10-6-2/h42-44,47-48H,5-41H2,1-4H3. The molecule has 0 aromatic carbocycles. The van der Waals surface area contributed by atoms with E-state index >= 15 is 0 Å². The highest BCUT2D eigenvalue weighted by Crippen LogP contribution is 2.25. The molecule has 49 heavy (non-hydrogen) atoms. The molecule has 0 radical (unpaired) electrons. The molecular weight excluding hydrogens is 602 g/mol. The van der Waals surface area contributed by atoms with Crippen molar-refractivity contribution in [1.82, 2.24) is 4.90 Å². The lowest BCUT2D eigenvalue weighted by Gasteiger charge is -2.30. The molecule has 0 aliphatic carbocycles. The smallest absolute Gasteiger partial charge is 0.225 e. The highest BCUT2D eigenvalue weighted by Gasteiger charge is 2.25. The SMILES string of the molecule is CCCCCCCCCCCCCCC(CC)C(=O)N(CCC(CCCCCCCC)CCCCCCCCCCCCC)CC(O)CO. The van der Waals surface area contributed by atoms with Gasteiger partial charge in [-0.15, -0.1) is 0 Å². The van der Waals surface area contributed by atoms with E-state index in [1.54, 1.807) is 0 Å². The summed E-state index contributed by atoms with van der Waals surface area (Å²) in [5, 5.41) is 20.1. The molecule has 294 valence electrons. The monoisotopic (exact) mass is 694 g/mol. The molecule has 0 heterocycles. The first-order valence-electron chi connectivity index (χ1n) is 22.6. The van der Waals surface area contributed by atoms with E-state index in [-0.39, 0.29) is 25.0 Å². The van der Waals surface area contributed by atoms with Crippen LogP contribution in [0.3, 0.4) is 0 Å². The van der Waals surface area contributed by atoms with E-state index in [1.807, 2.05) is 4.90 Å². The molecule has 2 N–H and O–H groups in total. The van der Waals surface area contributed by atoms with Gasteiger partial charge in [0, 0.05) is 19.0 Å². The van der Waals surface area contributed by atoms with Gasteiger partial charge in [-0.05, 0) is 25.2 Å². The number of rotatable bonds is 40. The van der Waals surface area contributed by atoms with Crippen LogP contribution < -0.4 is 0 Å². The summed E-state index contributed by atoms with van der Waals surface area (Å²) >= 11 is 0. The second-order valence-electron chi connectivity index (χ2n) is 15.9. The van der Waals surface area contributed by atoms with Gasteiger partial charge in [0.1, 0.15) is 0 Å². The number of hydrogen-bond donors (Lipinski definition) is 2. The largest absolute Gasteiger partial charge is 0.394 e. The molecule has 3 unspecified atom stereocenters. The fraction of sp³-hybridized carbons (Fsp3) is 0.978. The minimum absolute atomic E-state index is 0.0395. The Morgan fingerprint density at radius 1 is 0.469 bits per heavy atom. The van der Waals surface area contributed by atoms with Crippen molar-refractivity contribution in [2.45, 2.75) is 252 Å². The molecule has 0 spiro atoms. The highest BCUT2D eigenvalue weighted by molar-refractivity contribution is 5.78. The summed E-state index contributed by atoms with van der Waals surface area (Å²) in [7, 11) is 0. The molecule has 0 rings (SSSR count). The number of aliphatic hydroxyl groups excluding tert-OH is 2. The third-order valence-corrected chi connectivity index (χ3v) is 11.2. The van der Waals surface area contributed by atoms with Crippen molar-refractivity contribution in [2.75, 3.05) is 19.7 Å². The van der Waals surface area contributed by atoms with Crippen molar-refractivity contribution in [3.8, 4) is 0 Å². The zero-order chi connectivity index (χ0) is 36.0. The van der Waals surface area contributed by atoms with Crippen molar-refractivity contribution in [3.63, 3.8) is 0 Å². The first-order chi connectivity index (χ1) is 24.0. The summed E-state index contributed by atoms with van der Waals surface area (Å²) in [6.07, 6.45) is 43.7. The minimum Gasteiger partial charge on any atom is -0.394 e. The number of unbranched alkanes of at least 4 members (excludes halogenated alkanes) is 26. The normalized spacial score (nSPS) is 13.5. The van der Waals surface area contributed by atoms with E-state index < -0.39 is 6.10 Å². The summed E-state index contributed by atoms with van der Waals surface area (Å²) in [6, 6.07) is 0. The van der Waals surface area contributed by atoms with E-state index in [4.69, 9.17) is 0 Å². The van der Waals surface area contributed by atoms with Gasteiger partial charge in [-0.2, -0.15) is 0 Å². The fourth-order valence-corrected chi connectivity index (χ4v) is 7.68. The van der Waals surface area contributed by atoms with E-state index in [0.29, 0.717) is 5.92 Å². The Bertz CT molecular complexity index is 655. The molecule has 4 nitrogen and oxygen atoms in total. The molecule has 0 aliphatic heterocycles. The molecule has 0 saturated heterocycles. The van der Waals surface area contributed by atoms with Crippen LogP contribution in [0.1, 0.15) is 246 Å². The summed E-state index contributed by atoms with van der Waals surface area (Å²) in [5.41, 5.74) is 0. The number of carbonyl (C=O) groups excluding carboxylic acids is 1. The number of hydrogen-bond acceptors (Lipinski definition) is 3. The topological polar surface area (TPSA) is 60.8 Å². The van der Waals surface area contributed by atoms with Gasteiger partial charge in [0.15, 0.2) is 0 Å². The van der Waals surface area contributed by atoms with Gasteiger partial charge < -0.3 is 15.1 Å². The molecule has 0 aliphatic rings. The Morgan fingerprint density at radius 2 is 0.796 bits per heavy atom. The fourth-order valence-electron chi connectivity index (χ4n) is 7.68. The van der Waals surface area contributed by atoms with Gasteiger partial charge >= 0.3 is 0 Å². The highest BCUT2D eigenvalue weighted by atomic mass is 16.3. The van der Waals surface area contributed by atoms with E-state index in [9.17, 15) is 15.0 Å². The third-order valence-electron chi connectivity index (χ3n) is 11.2. The maximum absolute atomic E-state index is 13.8. The van der Waals surface area contributed by atoms with E-state index in [2.05, 4.69) is 27.7 Å². The van der Waals surface area contributed by atoms with Crippen LogP contribution in [0.4, 0.5) is 0 Å². The lowest BCUT2D eigenvalue weighted by atomic mass is 9.90. The molecule has 0 aromatic heterocycles. The van der Waals surface area contributed by atoms with Gasteiger partial charge in [0.05, 0.1) is 12.7 Å². The molecule has 0 bridgehead atoms. The molecule has 0 saturated carbocycles. The van der Waals surface area contributed by atoms with Gasteiger partial charge in [-0.3, -0.25) is 4.79 Å². The predicted octanol–water partition coefficient (Wildman–Crippen LogP) is 13.7. The van der Waals surface area contributed by atoms with Crippen molar-refractivity contribution < 1.29 is 15.0 Å². The van der Waals surface area contributed by atoms with Crippen LogP contribution in [0.5, 0.6) is 0 Å². The third kappa shape index (κ3) is 31.8. The molecule has 0 aromatic rings. The number of nitrogens with zero attached hydrogens (tertiary/aromatic N) is 1. The quantitative estimate of drug-likeness (QED) is 0.0628. The van der Waals surface area contributed by atoms with Crippen LogP contribution in [-0.4, -0.2) is 46.8 Å². The number of amides is 1. The molecule has 4 heteroatoms. The summed E-state index contributed by atoms with van der Waals surface area (Å²) in [6.45, 7) is 9.72. The lowest BCUT2D eigenvalue weighted by molar-refractivity contribution is -0.138. The predicted molar refractivity (Wildman–Crippen MR) is 216 cm³/mol. The molecule has 0 fully saturated rings. The van der Waals surface area contributed by atoms with Crippen LogP contribution in [-0.2, 0) is 4.79 Å². The maximum Gasteiger partial charge on any atom is 0.225 e. The van der Waals surface area contributed by atoms with Crippen molar-refractivity contribution >= 4 is 5.91 Å². The van der Waals surface area contributed by atoms with Crippen LogP contribution in [0.25, 0.3) is 0 Å². The summed E-state index contributed by atoms with van der Waals surface area (Å²) < 4.78 is 0. The van der Waals surface area contributed by atoms with Crippen LogP contribution in [0, 0.1) is 11.8 Å². The zero-order valence-corrected chi connectivity index (χ0v) is 34.1. The Morgan fingerprint density at radius 3 is 1.12 bits per heavy atom. The zero-order valence-electron chi connectivity index (χ0n) is 34.1. The van der Waals surface area contributed by atoms with Gasteiger partial charge in [0.2, 0.25) is 5.91 Å². The number of carbonyl (C=O) groups is 1. The molecular formula is C45H91NO3. The molecule has 1 amide bonds. The van der Waals surface area contributed by atoms with Gasteiger partial charge in [0.25, 0.3) is 0 Å². The van der Waals surface area contributed by atoms with Gasteiger partial charge in [-0.1, -0.05) is 227 Å². The summed E-state index contributed by atoms with van der Waals surface area (Å²) in [4.78, 5) is 15.8. The average Bonchev–Trinajstić information content (AvgIpc) is 3.11. The number of aliphatic hydroxyl groups is 2. The first kappa shape index (κ1) is 48.4. The average molecular weight is 694 g/mol. The maximum atomic E-state index is 13.8. The Labute approximate surface area is 308 Å². The van der Waals surface area contributed by atoms with Crippen molar-refractivity contribution in [1.29, 1.82) is 0 Å². The van der Waals surface area contributed by atoms with Crippen LogP contribution in [0.2, 0.25) is 0 Å². The van der Waals surface area contributed by atoms with E-state index in [1.165, 1.54) is 193 Å². The molecule has 3 atom stereocenters. The summed E-state index contributed by atoms with van der Waals surface area (Å²) in [5.74, 6) is 0.909. The minimum atomic E-state index is -0.850.